The van der Waals surface area contributed by atoms with Crippen molar-refractivity contribution in [1.82, 2.24) is 9.21 Å². The van der Waals surface area contributed by atoms with Crippen LogP contribution in [0.5, 0.6) is 11.5 Å². The monoisotopic (exact) mass is 464 g/mol. The van der Waals surface area contributed by atoms with Crippen LogP contribution in [-0.4, -0.2) is 77.0 Å². The van der Waals surface area contributed by atoms with E-state index >= 15 is 0 Å². The van der Waals surface area contributed by atoms with Crippen molar-refractivity contribution in [2.45, 2.75) is 11.4 Å². The SMILES string of the molecule is COc1cccc(CN(C)c2ccc(S(=O)(=O)N3CCN(C)CC3)cc2[N+](=O)[O-])c1OC. The van der Waals surface area contributed by atoms with E-state index in [1.807, 2.05) is 24.1 Å². The lowest BCUT2D eigenvalue weighted by Crippen LogP contribution is -2.47. The summed E-state index contributed by atoms with van der Waals surface area (Å²) in [6.07, 6.45) is 0. The molecule has 0 spiro atoms. The number of hydrogen-bond acceptors (Lipinski definition) is 8. The van der Waals surface area contributed by atoms with Gasteiger partial charge in [0, 0.05) is 51.4 Å². The maximum absolute atomic E-state index is 13.0. The summed E-state index contributed by atoms with van der Waals surface area (Å²) in [7, 11) is 2.88. The molecular weight excluding hydrogens is 436 g/mol. The molecule has 0 amide bonds. The third-order valence-corrected chi connectivity index (χ3v) is 7.44. The van der Waals surface area contributed by atoms with Crippen molar-refractivity contribution in [2.24, 2.45) is 0 Å². The summed E-state index contributed by atoms with van der Waals surface area (Å²) in [6.45, 7) is 2.23. The molecule has 1 aliphatic rings. The van der Waals surface area contributed by atoms with Crippen molar-refractivity contribution in [3.8, 4) is 11.5 Å². The van der Waals surface area contributed by atoms with E-state index < -0.39 is 14.9 Å². The average Bonchev–Trinajstić information content (AvgIpc) is 2.78. The van der Waals surface area contributed by atoms with E-state index in [1.165, 1.54) is 30.7 Å². The Labute approximate surface area is 188 Å². The Morgan fingerprint density at radius 1 is 1.09 bits per heavy atom. The van der Waals surface area contributed by atoms with Gasteiger partial charge >= 0.3 is 0 Å². The lowest BCUT2D eigenvalue weighted by atomic mass is 10.1. The summed E-state index contributed by atoms with van der Waals surface area (Å²) in [5, 5.41) is 11.8. The number of sulfonamides is 1. The average molecular weight is 465 g/mol. The van der Waals surface area contributed by atoms with Crippen molar-refractivity contribution in [3.05, 3.63) is 52.1 Å². The van der Waals surface area contributed by atoms with Crippen molar-refractivity contribution in [3.63, 3.8) is 0 Å². The number of nitrogens with zero attached hydrogens (tertiary/aromatic N) is 4. The zero-order valence-corrected chi connectivity index (χ0v) is 19.5. The van der Waals surface area contributed by atoms with Gasteiger partial charge in [-0.15, -0.1) is 0 Å². The van der Waals surface area contributed by atoms with E-state index in [2.05, 4.69) is 0 Å². The maximum Gasteiger partial charge on any atom is 0.293 e. The number of nitro benzene ring substituents is 1. The molecule has 1 fully saturated rings. The summed E-state index contributed by atoms with van der Waals surface area (Å²) in [6, 6.07) is 9.47. The summed E-state index contributed by atoms with van der Waals surface area (Å²) in [5.74, 6) is 1.10. The van der Waals surface area contributed by atoms with Gasteiger partial charge in [-0.2, -0.15) is 4.31 Å². The number of piperazine rings is 1. The van der Waals surface area contributed by atoms with Gasteiger partial charge < -0.3 is 19.3 Å². The molecule has 0 bridgehead atoms. The Morgan fingerprint density at radius 3 is 2.38 bits per heavy atom. The highest BCUT2D eigenvalue weighted by atomic mass is 32.2. The second-order valence-corrected chi connectivity index (χ2v) is 9.56. The molecule has 0 aliphatic carbocycles. The van der Waals surface area contributed by atoms with Gasteiger partial charge in [-0.05, 0) is 25.2 Å². The molecule has 0 unspecified atom stereocenters. The van der Waals surface area contributed by atoms with Gasteiger partial charge in [-0.3, -0.25) is 10.1 Å². The number of para-hydroxylation sites is 1. The third kappa shape index (κ3) is 4.79. The van der Waals surface area contributed by atoms with Crippen LogP contribution in [0, 0.1) is 10.1 Å². The van der Waals surface area contributed by atoms with Crippen LogP contribution in [0.3, 0.4) is 0 Å². The standard InChI is InChI=1S/C21H28N4O6S/c1-22-10-12-24(13-11-22)32(28,29)17-8-9-18(19(14-17)25(26)27)23(2)15-16-6-5-7-20(30-3)21(16)31-4/h5-9,14H,10-13,15H2,1-4H3. The second-order valence-electron chi connectivity index (χ2n) is 7.62. The van der Waals surface area contributed by atoms with Crippen LogP contribution in [0.1, 0.15) is 5.56 Å². The van der Waals surface area contributed by atoms with Crippen molar-refractivity contribution >= 4 is 21.4 Å². The smallest absolute Gasteiger partial charge is 0.293 e. The molecule has 1 saturated heterocycles. The van der Waals surface area contributed by atoms with Crippen molar-refractivity contribution < 1.29 is 22.8 Å². The van der Waals surface area contributed by atoms with Gasteiger partial charge in [0.1, 0.15) is 5.69 Å². The number of hydrogen-bond donors (Lipinski definition) is 0. The van der Waals surface area contributed by atoms with Crippen molar-refractivity contribution in [2.75, 3.05) is 59.4 Å². The Hall–Kier alpha value is -2.89. The fraction of sp³-hybridized carbons (Fsp3) is 0.429. The molecule has 32 heavy (non-hydrogen) atoms. The predicted octanol–water partition coefficient (Wildman–Crippen LogP) is 2.18. The fourth-order valence-electron chi connectivity index (χ4n) is 3.73. The Balaban J connectivity index is 1.92. The molecule has 0 atom stereocenters. The highest BCUT2D eigenvalue weighted by Crippen LogP contribution is 2.35. The zero-order valence-electron chi connectivity index (χ0n) is 18.6. The van der Waals surface area contributed by atoms with Crippen LogP contribution >= 0.6 is 0 Å². The lowest BCUT2D eigenvalue weighted by molar-refractivity contribution is -0.384. The largest absolute Gasteiger partial charge is 0.493 e. The van der Waals surface area contributed by atoms with E-state index in [0.29, 0.717) is 49.9 Å². The van der Waals surface area contributed by atoms with E-state index in [0.717, 1.165) is 11.6 Å². The van der Waals surface area contributed by atoms with E-state index in [9.17, 15) is 18.5 Å². The minimum Gasteiger partial charge on any atom is -0.493 e. The van der Waals surface area contributed by atoms with Gasteiger partial charge in [0.2, 0.25) is 10.0 Å². The Morgan fingerprint density at radius 2 is 1.78 bits per heavy atom. The van der Waals surface area contributed by atoms with Crippen LogP contribution in [0.4, 0.5) is 11.4 Å². The fourth-order valence-corrected chi connectivity index (χ4v) is 5.17. The molecule has 0 radical (unpaired) electrons. The first-order chi connectivity index (χ1) is 15.2. The van der Waals surface area contributed by atoms with E-state index in [1.54, 1.807) is 18.0 Å². The molecule has 0 aromatic heterocycles. The normalized spacial score (nSPS) is 15.4. The van der Waals surface area contributed by atoms with Crippen LogP contribution in [0.15, 0.2) is 41.3 Å². The quantitative estimate of drug-likeness (QED) is 0.432. The summed E-state index contributed by atoms with van der Waals surface area (Å²) in [4.78, 5) is 14.9. The highest BCUT2D eigenvalue weighted by Gasteiger charge is 2.30. The molecule has 0 N–H and O–H groups in total. The minimum atomic E-state index is -3.82. The van der Waals surface area contributed by atoms with Gasteiger partial charge in [0.25, 0.3) is 5.69 Å². The second kappa shape index (κ2) is 9.72. The van der Waals surface area contributed by atoms with E-state index in [4.69, 9.17) is 9.47 Å². The molecule has 2 aromatic carbocycles. The van der Waals surface area contributed by atoms with Gasteiger partial charge in [-0.1, -0.05) is 12.1 Å². The Kier molecular flexibility index (Phi) is 7.22. The topological polar surface area (TPSA) is 105 Å². The van der Waals surface area contributed by atoms with Crippen molar-refractivity contribution in [1.29, 1.82) is 0 Å². The van der Waals surface area contributed by atoms with Gasteiger partial charge in [0.05, 0.1) is 24.0 Å². The molecule has 11 heteroatoms. The van der Waals surface area contributed by atoms with E-state index in [-0.39, 0.29) is 10.6 Å². The summed E-state index contributed by atoms with van der Waals surface area (Å²) in [5.41, 5.74) is 0.805. The molecule has 2 aromatic rings. The minimum absolute atomic E-state index is 0.0788. The molecule has 3 rings (SSSR count). The molecule has 1 heterocycles. The predicted molar refractivity (Wildman–Crippen MR) is 121 cm³/mol. The number of methoxy groups -OCH3 is 2. The Bertz CT molecular complexity index is 1080. The first-order valence-electron chi connectivity index (χ1n) is 10.1. The maximum atomic E-state index is 13.0. The number of nitro groups is 1. The van der Waals surface area contributed by atoms with Crippen LogP contribution in [0.25, 0.3) is 0 Å². The number of rotatable bonds is 8. The van der Waals surface area contributed by atoms with Gasteiger partial charge in [-0.25, -0.2) is 8.42 Å². The molecule has 1 aliphatic heterocycles. The first kappa shape index (κ1) is 23.8. The highest BCUT2D eigenvalue weighted by molar-refractivity contribution is 7.89. The number of ether oxygens (including phenoxy) is 2. The molecule has 0 saturated carbocycles. The number of likely N-dealkylation sites (N-methyl/N-ethyl adjacent to an activating group) is 1. The molecule has 10 nitrogen and oxygen atoms in total. The van der Waals surface area contributed by atoms with Crippen LogP contribution in [0.2, 0.25) is 0 Å². The summed E-state index contributed by atoms with van der Waals surface area (Å²) >= 11 is 0. The molecule has 174 valence electrons. The van der Waals surface area contributed by atoms with Gasteiger partial charge in [0.15, 0.2) is 11.5 Å². The lowest BCUT2D eigenvalue weighted by Gasteiger charge is -2.31. The summed E-state index contributed by atoms with van der Waals surface area (Å²) < 4.78 is 38.2. The van der Waals surface area contributed by atoms with Crippen LogP contribution in [-0.2, 0) is 16.6 Å². The van der Waals surface area contributed by atoms with Crippen LogP contribution < -0.4 is 14.4 Å². The first-order valence-corrected chi connectivity index (χ1v) is 11.5. The molecular formula is C21H28N4O6S. The third-order valence-electron chi connectivity index (χ3n) is 5.55. The number of benzene rings is 2. The zero-order chi connectivity index (χ0) is 23.5. The number of anilines is 1.